The number of aryl methyl sites for hydroxylation is 2. The molecule has 0 radical (unpaired) electrons. The van der Waals surface area contributed by atoms with Gasteiger partial charge in [-0.05, 0) is 54.5 Å². The molecule has 0 atom stereocenters. The van der Waals surface area contributed by atoms with Crippen molar-refractivity contribution in [3.8, 4) is 0 Å². The highest BCUT2D eigenvalue weighted by molar-refractivity contribution is 9.10. The smallest absolute Gasteiger partial charge is 0.0762 e. The molecule has 3 heteroatoms. The summed E-state index contributed by atoms with van der Waals surface area (Å²) in [5, 5.41) is 0. The number of hydrogen-bond donors (Lipinski definition) is 0. The van der Waals surface area contributed by atoms with Crippen molar-refractivity contribution in [2.24, 2.45) is 0 Å². The predicted octanol–water partition coefficient (Wildman–Crippen LogP) is 4.93. The van der Waals surface area contributed by atoms with Crippen LogP contribution in [0.1, 0.15) is 27.7 Å². The maximum Gasteiger partial charge on any atom is 0.0762 e. The monoisotopic (exact) mass is 302 g/mol. The highest BCUT2D eigenvalue weighted by atomic mass is 79.9. The van der Waals surface area contributed by atoms with E-state index >= 15 is 0 Å². The van der Waals surface area contributed by atoms with E-state index in [0.717, 1.165) is 0 Å². The van der Waals surface area contributed by atoms with Crippen molar-refractivity contribution in [2.75, 3.05) is 11.5 Å². The van der Waals surface area contributed by atoms with Crippen LogP contribution in [-0.4, -0.2) is 11.5 Å². The second-order valence-electron chi connectivity index (χ2n) is 3.89. The molecule has 0 unspecified atom stereocenters. The van der Waals surface area contributed by atoms with Crippen molar-refractivity contribution >= 4 is 39.5 Å². The first-order valence-electron chi connectivity index (χ1n) is 5.18. The van der Waals surface area contributed by atoms with Crippen LogP contribution in [0.15, 0.2) is 16.6 Å². The first-order valence-corrected chi connectivity index (χ1v) is 8.07. The lowest BCUT2D eigenvalue weighted by Crippen LogP contribution is -2.01. The minimum Gasteiger partial charge on any atom is -0.143 e. The summed E-state index contributed by atoms with van der Waals surface area (Å²) < 4.78 is 1.91. The summed E-state index contributed by atoms with van der Waals surface area (Å²) in [5.74, 6) is 2.61. The molecular formula is C12H15BrS2. The van der Waals surface area contributed by atoms with Crippen LogP contribution in [-0.2, 0) is 0 Å². The summed E-state index contributed by atoms with van der Waals surface area (Å²) in [7, 11) is 0. The Labute approximate surface area is 109 Å². The van der Waals surface area contributed by atoms with Crippen LogP contribution in [0.3, 0.4) is 0 Å². The molecular weight excluding hydrogens is 288 g/mol. The second-order valence-corrected chi connectivity index (χ2v) is 7.46. The Bertz CT molecular complexity index is 357. The normalized spacial score (nSPS) is 18.1. The molecule has 0 nitrogen and oxygen atoms in total. The Morgan fingerprint density at radius 1 is 1.13 bits per heavy atom. The van der Waals surface area contributed by atoms with Gasteiger partial charge in [-0.1, -0.05) is 22.0 Å². The average Bonchev–Trinajstić information content (AvgIpc) is 2.25. The molecule has 1 fully saturated rings. The topological polar surface area (TPSA) is 0 Å². The van der Waals surface area contributed by atoms with Crippen molar-refractivity contribution < 1.29 is 0 Å². The molecule has 2 rings (SSSR count). The summed E-state index contributed by atoms with van der Waals surface area (Å²) in [4.78, 5) is 0. The van der Waals surface area contributed by atoms with Crippen LogP contribution in [0.2, 0.25) is 0 Å². The quantitative estimate of drug-likeness (QED) is 0.721. The summed E-state index contributed by atoms with van der Waals surface area (Å²) in [6.45, 7) is 4.37. The van der Waals surface area contributed by atoms with E-state index in [1.807, 2.05) is 0 Å². The molecule has 1 aliphatic rings. The Balaban J connectivity index is 2.30. The molecule has 0 spiro atoms. The Hall–Kier alpha value is 0.400. The molecule has 0 saturated carbocycles. The number of thioether (sulfide) groups is 2. The maximum absolute atomic E-state index is 3.69. The van der Waals surface area contributed by atoms with Gasteiger partial charge in [0.15, 0.2) is 0 Å². The molecule has 1 aromatic rings. The molecule has 82 valence electrons. The van der Waals surface area contributed by atoms with E-state index < -0.39 is 0 Å². The van der Waals surface area contributed by atoms with Crippen molar-refractivity contribution in [3.05, 3.63) is 33.3 Å². The summed E-state index contributed by atoms with van der Waals surface area (Å²) in [6.07, 6.45) is 1.36. The van der Waals surface area contributed by atoms with Crippen molar-refractivity contribution in [2.45, 2.75) is 24.9 Å². The van der Waals surface area contributed by atoms with Gasteiger partial charge in [0.05, 0.1) is 4.58 Å². The molecule has 0 amide bonds. The molecule has 1 heterocycles. The number of rotatable bonds is 1. The van der Waals surface area contributed by atoms with Crippen molar-refractivity contribution in [1.29, 1.82) is 0 Å². The van der Waals surface area contributed by atoms with Gasteiger partial charge < -0.3 is 0 Å². The third-order valence-corrected chi connectivity index (χ3v) is 6.36. The lowest BCUT2D eigenvalue weighted by atomic mass is 10.1. The third kappa shape index (κ3) is 2.75. The average molecular weight is 303 g/mol. The predicted molar refractivity (Wildman–Crippen MR) is 75.9 cm³/mol. The van der Waals surface area contributed by atoms with Gasteiger partial charge in [0, 0.05) is 4.47 Å². The first kappa shape index (κ1) is 11.9. The molecule has 0 bridgehead atoms. The molecule has 1 aliphatic heterocycles. The second kappa shape index (κ2) is 5.15. The van der Waals surface area contributed by atoms with Gasteiger partial charge in [0.25, 0.3) is 0 Å². The number of halogens is 1. The van der Waals surface area contributed by atoms with Gasteiger partial charge >= 0.3 is 0 Å². The van der Waals surface area contributed by atoms with Crippen molar-refractivity contribution in [1.82, 2.24) is 0 Å². The fourth-order valence-electron chi connectivity index (χ4n) is 1.65. The van der Waals surface area contributed by atoms with Gasteiger partial charge in [-0.15, -0.1) is 23.5 Å². The molecule has 0 aliphatic carbocycles. The van der Waals surface area contributed by atoms with Crippen LogP contribution >= 0.6 is 39.5 Å². The minimum atomic E-state index is 0.632. The fraction of sp³-hybridized carbons (Fsp3) is 0.500. The van der Waals surface area contributed by atoms with E-state index in [4.69, 9.17) is 0 Å². The summed E-state index contributed by atoms with van der Waals surface area (Å²) >= 11 is 7.85. The van der Waals surface area contributed by atoms with Crippen molar-refractivity contribution in [3.63, 3.8) is 0 Å². The van der Waals surface area contributed by atoms with E-state index in [2.05, 4.69) is 65.4 Å². The zero-order valence-corrected chi connectivity index (χ0v) is 12.3. The van der Waals surface area contributed by atoms with E-state index in [0.29, 0.717) is 4.58 Å². The largest absolute Gasteiger partial charge is 0.143 e. The van der Waals surface area contributed by atoms with Gasteiger partial charge in [-0.25, -0.2) is 0 Å². The van der Waals surface area contributed by atoms with Gasteiger partial charge in [0.2, 0.25) is 0 Å². The van der Waals surface area contributed by atoms with E-state index in [1.165, 1.54) is 39.1 Å². The van der Waals surface area contributed by atoms with E-state index in [-0.39, 0.29) is 0 Å². The van der Waals surface area contributed by atoms with E-state index in [1.54, 1.807) is 0 Å². The van der Waals surface area contributed by atoms with Crippen LogP contribution in [0, 0.1) is 13.8 Å². The van der Waals surface area contributed by atoms with Crippen LogP contribution in [0.5, 0.6) is 0 Å². The zero-order chi connectivity index (χ0) is 10.8. The highest BCUT2D eigenvalue weighted by Crippen LogP contribution is 2.46. The molecule has 0 aromatic heterocycles. The number of hydrogen-bond acceptors (Lipinski definition) is 2. The lowest BCUT2D eigenvalue weighted by Gasteiger charge is -2.23. The third-order valence-electron chi connectivity index (χ3n) is 2.69. The highest BCUT2D eigenvalue weighted by Gasteiger charge is 2.19. The summed E-state index contributed by atoms with van der Waals surface area (Å²) in [5.41, 5.74) is 4.24. The SMILES string of the molecule is Cc1cc(Br)c(C2SCCCS2)cc1C. The molecule has 15 heavy (non-hydrogen) atoms. The Morgan fingerprint density at radius 3 is 2.40 bits per heavy atom. The van der Waals surface area contributed by atoms with E-state index in [9.17, 15) is 0 Å². The molecule has 1 aromatic carbocycles. The Morgan fingerprint density at radius 2 is 1.73 bits per heavy atom. The summed E-state index contributed by atoms with van der Waals surface area (Å²) in [6, 6.07) is 4.59. The minimum absolute atomic E-state index is 0.632. The maximum atomic E-state index is 3.69. The number of benzene rings is 1. The first-order chi connectivity index (χ1) is 7.18. The lowest BCUT2D eigenvalue weighted by molar-refractivity contribution is 1.09. The van der Waals surface area contributed by atoms with Gasteiger partial charge in [0.1, 0.15) is 0 Å². The Kier molecular flexibility index (Phi) is 4.08. The van der Waals surface area contributed by atoms with Gasteiger partial charge in [-0.2, -0.15) is 0 Å². The molecule has 1 saturated heterocycles. The molecule has 0 N–H and O–H groups in total. The van der Waals surface area contributed by atoms with Crippen LogP contribution in [0.4, 0.5) is 0 Å². The van der Waals surface area contributed by atoms with Crippen LogP contribution < -0.4 is 0 Å². The standard InChI is InChI=1S/C12H15BrS2/c1-8-6-10(11(13)7-9(8)2)12-14-4-3-5-15-12/h6-7,12H,3-5H2,1-2H3. The van der Waals surface area contributed by atoms with Gasteiger partial charge in [-0.3, -0.25) is 0 Å². The fourth-order valence-corrected chi connectivity index (χ4v) is 5.59. The zero-order valence-electron chi connectivity index (χ0n) is 9.05. The van der Waals surface area contributed by atoms with Crippen LogP contribution in [0.25, 0.3) is 0 Å².